The van der Waals surface area contributed by atoms with Crippen LogP contribution in [0, 0.1) is 0 Å². The number of aromatic nitrogens is 2. The molecule has 0 radical (unpaired) electrons. The first kappa shape index (κ1) is 21.5. The maximum absolute atomic E-state index is 12.8. The largest absolute Gasteiger partial charge is 0.373 e. The highest BCUT2D eigenvalue weighted by molar-refractivity contribution is 5.96. The molecule has 0 spiro atoms. The Morgan fingerprint density at radius 2 is 2.03 bits per heavy atom. The van der Waals surface area contributed by atoms with Gasteiger partial charge in [-0.25, -0.2) is 0 Å². The third kappa shape index (κ3) is 5.02. The molecule has 3 amide bonds. The van der Waals surface area contributed by atoms with E-state index in [1.807, 2.05) is 31.1 Å². The summed E-state index contributed by atoms with van der Waals surface area (Å²) in [6.45, 7) is 1.65. The summed E-state index contributed by atoms with van der Waals surface area (Å²) in [5.41, 5.74) is 6.44. The number of likely N-dealkylation sites (tertiary alicyclic amines) is 1. The molecule has 1 saturated heterocycles. The lowest BCUT2D eigenvalue weighted by Gasteiger charge is -2.41. The number of carbonyl (C=O) groups excluding carboxylic acids is 3. The maximum Gasteiger partial charge on any atom is 0.267 e. The number of ether oxygens (including phenoxy) is 1. The number of nitrogens with two attached hydrogens (primary N) is 1. The van der Waals surface area contributed by atoms with Crippen LogP contribution in [0.5, 0.6) is 0 Å². The zero-order valence-corrected chi connectivity index (χ0v) is 17.0. The molecule has 1 aliphatic heterocycles. The van der Waals surface area contributed by atoms with Gasteiger partial charge in [-0.2, -0.15) is 0 Å². The predicted octanol–water partition coefficient (Wildman–Crippen LogP) is -0.231. The van der Waals surface area contributed by atoms with Crippen molar-refractivity contribution in [3.8, 4) is 0 Å². The Balaban J connectivity index is 1.39. The van der Waals surface area contributed by atoms with Crippen molar-refractivity contribution in [3.63, 3.8) is 0 Å². The standard InChI is InChI=1S/C20H26N6O4/c1-25(2)17(13-4-3-7-22-10-13)20(29)26-11-14(12-26)30-9-8-23-19(28)16-6-5-15(24-16)18(21)27/h3-7,10,14,17,24H,8-9,11-12H2,1-2H3,(H2,21,27)(H,23,28). The van der Waals surface area contributed by atoms with Crippen molar-refractivity contribution in [2.45, 2.75) is 12.1 Å². The molecule has 1 unspecified atom stereocenters. The molecular weight excluding hydrogens is 388 g/mol. The molecule has 1 atom stereocenters. The number of aromatic amines is 1. The third-order valence-electron chi connectivity index (χ3n) is 4.85. The molecule has 0 aliphatic carbocycles. The van der Waals surface area contributed by atoms with Crippen LogP contribution in [-0.4, -0.2) is 83.9 Å². The van der Waals surface area contributed by atoms with Crippen LogP contribution in [0.2, 0.25) is 0 Å². The maximum atomic E-state index is 12.8. The molecule has 10 heteroatoms. The average molecular weight is 414 g/mol. The number of pyridine rings is 1. The molecule has 30 heavy (non-hydrogen) atoms. The van der Waals surface area contributed by atoms with Crippen LogP contribution < -0.4 is 11.1 Å². The fraction of sp³-hybridized carbons (Fsp3) is 0.400. The lowest BCUT2D eigenvalue weighted by atomic mass is 10.0. The summed E-state index contributed by atoms with van der Waals surface area (Å²) in [4.78, 5) is 46.3. The normalized spacial score (nSPS) is 15.0. The van der Waals surface area contributed by atoms with Crippen molar-refractivity contribution < 1.29 is 19.1 Å². The summed E-state index contributed by atoms with van der Waals surface area (Å²) < 4.78 is 5.72. The number of hydrogen-bond acceptors (Lipinski definition) is 6. The van der Waals surface area contributed by atoms with Crippen LogP contribution in [-0.2, 0) is 9.53 Å². The molecule has 1 fully saturated rings. The van der Waals surface area contributed by atoms with Crippen LogP contribution in [0.4, 0.5) is 0 Å². The first-order valence-electron chi connectivity index (χ1n) is 9.60. The lowest BCUT2D eigenvalue weighted by Crippen LogP contribution is -2.57. The van der Waals surface area contributed by atoms with Gasteiger partial charge in [0.05, 0.1) is 12.7 Å². The van der Waals surface area contributed by atoms with Gasteiger partial charge in [0.2, 0.25) is 5.91 Å². The number of amides is 3. The molecule has 4 N–H and O–H groups in total. The molecular formula is C20H26N6O4. The van der Waals surface area contributed by atoms with Gasteiger partial charge in [0.15, 0.2) is 0 Å². The fourth-order valence-corrected chi connectivity index (χ4v) is 3.25. The summed E-state index contributed by atoms with van der Waals surface area (Å²) in [5, 5.41) is 2.70. The van der Waals surface area contributed by atoms with Gasteiger partial charge in [-0.15, -0.1) is 0 Å². The van der Waals surface area contributed by atoms with Crippen molar-refractivity contribution in [1.82, 2.24) is 25.1 Å². The highest BCUT2D eigenvalue weighted by Crippen LogP contribution is 2.23. The highest BCUT2D eigenvalue weighted by atomic mass is 16.5. The smallest absolute Gasteiger partial charge is 0.267 e. The molecule has 1 aliphatic rings. The third-order valence-corrected chi connectivity index (χ3v) is 4.85. The summed E-state index contributed by atoms with van der Waals surface area (Å²) in [7, 11) is 3.73. The Morgan fingerprint density at radius 1 is 1.30 bits per heavy atom. The van der Waals surface area contributed by atoms with Crippen LogP contribution in [0.25, 0.3) is 0 Å². The molecule has 0 bridgehead atoms. The van der Waals surface area contributed by atoms with Gasteiger partial charge >= 0.3 is 0 Å². The van der Waals surface area contributed by atoms with E-state index >= 15 is 0 Å². The minimum absolute atomic E-state index is 0.0122. The van der Waals surface area contributed by atoms with Gasteiger partial charge in [0.25, 0.3) is 11.8 Å². The summed E-state index contributed by atoms with van der Waals surface area (Å²) >= 11 is 0. The van der Waals surface area contributed by atoms with Crippen molar-refractivity contribution >= 4 is 17.7 Å². The number of primary amides is 1. The zero-order valence-electron chi connectivity index (χ0n) is 17.0. The Morgan fingerprint density at radius 3 is 2.63 bits per heavy atom. The lowest BCUT2D eigenvalue weighted by molar-refractivity contribution is -0.150. The van der Waals surface area contributed by atoms with E-state index in [2.05, 4.69) is 15.3 Å². The van der Waals surface area contributed by atoms with E-state index in [1.165, 1.54) is 12.1 Å². The second kappa shape index (κ2) is 9.51. The number of nitrogens with zero attached hydrogens (tertiary/aromatic N) is 3. The predicted molar refractivity (Wildman–Crippen MR) is 109 cm³/mol. The number of rotatable bonds is 9. The first-order valence-corrected chi connectivity index (χ1v) is 9.60. The minimum atomic E-state index is -0.624. The van der Waals surface area contributed by atoms with Crippen molar-refractivity contribution in [1.29, 1.82) is 0 Å². The Kier molecular flexibility index (Phi) is 6.80. The summed E-state index contributed by atoms with van der Waals surface area (Å²) in [5.74, 6) is -0.957. The molecule has 0 aromatic carbocycles. The van der Waals surface area contributed by atoms with Gasteiger partial charge in [-0.3, -0.25) is 24.3 Å². The second-order valence-corrected chi connectivity index (χ2v) is 7.29. The monoisotopic (exact) mass is 414 g/mol. The minimum Gasteiger partial charge on any atom is -0.373 e. The van der Waals surface area contributed by atoms with E-state index in [4.69, 9.17) is 10.5 Å². The number of nitrogens with one attached hydrogen (secondary N) is 2. The average Bonchev–Trinajstić information content (AvgIpc) is 3.17. The SMILES string of the molecule is CN(C)C(C(=O)N1CC(OCCNC(=O)c2ccc(C(N)=O)[nH]2)C1)c1cccnc1. The van der Waals surface area contributed by atoms with Gasteiger partial charge in [-0.05, 0) is 37.9 Å². The van der Waals surface area contributed by atoms with Crippen molar-refractivity contribution in [2.24, 2.45) is 5.73 Å². The Labute approximate surface area is 174 Å². The van der Waals surface area contributed by atoms with E-state index in [0.717, 1.165) is 5.56 Å². The fourth-order valence-electron chi connectivity index (χ4n) is 3.25. The summed E-state index contributed by atoms with van der Waals surface area (Å²) in [6, 6.07) is 6.28. The van der Waals surface area contributed by atoms with E-state index < -0.39 is 5.91 Å². The van der Waals surface area contributed by atoms with Crippen LogP contribution in [0.3, 0.4) is 0 Å². The zero-order chi connectivity index (χ0) is 21.7. The molecule has 160 valence electrons. The van der Waals surface area contributed by atoms with Gasteiger partial charge in [0, 0.05) is 32.0 Å². The van der Waals surface area contributed by atoms with Gasteiger partial charge in [-0.1, -0.05) is 6.07 Å². The van der Waals surface area contributed by atoms with Crippen LogP contribution in [0.1, 0.15) is 32.6 Å². The quantitative estimate of drug-likeness (QED) is 0.485. The van der Waals surface area contributed by atoms with E-state index in [-0.39, 0.29) is 35.3 Å². The highest BCUT2D eigenvalue weighted by Gasteiger charge is 2.36. The molecule has 2 aromatic heterocycles. The number of likely N-dealkylation sites (N-methyl/N-ethyl adjacent to an activating group) is 1. The van der Waals surface area contributed by atoms with E-state index in [1.54, 1.807) is 17.3 Å². The van der Waals surface area contributed by atoms with Gasteiger partial charge < -0.3 is 25.7 Å². The molecule has 10 nitrogen and oxygen atoms in total. The second-order valence-electron chi connectivity index (χ2n) is 7.29. The summed E-state index contributed by atoms with van der Waals surface area (Å²) in [6.07, 6.45) is 3.32. The molecule has 3 rings (SSSR count). The molecule has 3 heterocycles. The van der Waals surface area contributed by atoms with Crippen LogP contribution in [0.15, 0.2) is 36.7 Å². The Hall–Kier alpha value is -3.24. The molecule has 0 saturated carbocycles. The van der Waals surface area contributed by atoms with Crippen LogP contribution >= 0.6 is 0 Å². The van der Waals surface area contributed by atoms with E-state index in [0.29, 0.717) is 26.2 Å². The van der Waals surface area contributed by atoms with E-state index in [9.17, 15) is 14.4 Å². The number of hydrogen-bond donors (Lipinski definition) is 3. The first-order chi connectivity index (χ1) is 14.4. The van der Waals surface area contributed by atoms with Gasteiger partial charge in [0.1, 0.15) is 17.4 Å². The number of H-pyrrole nitrogens is 1. The van der Waals surface area contributed by atoms with Crippen molar-refractivity contribution in [2.75, 3.05) is 40.3 Å². The topological polar surface area (TPSA) is 134 Å². The molecule has 2 aromatic rings. The Bertz CT molecular complexity index is 892. The number of carbonyl (C=O) groups is 3. The van der Waals surface area contributed by atoms with Crippen molar-refractivity contribution in [3.05, 3.63) is 53.6 Å².